The van der Waals surface area contributed by atoms with Crippen molar-refractivity contribution in [1.29, 1.82) is 0 Å². The van der Waals surface area contributed by atoms with Crippen molar-refractivity contribution >= 4 is 0 Å². The number of fused-ring (bicyclic) bond motifs is 1. The fourth-order valence-corrected chi connectivity index (χ4v) is 6.40. The van der Waals surface area contributed by atoms with Crippen molar-refractivity contribution in [1.82, 2.24) is 0 Å². The molecule has 0 aromatic carbocycles. The van der Waals surface area contributed by atoms with E-state index < -0.39 is 12.2 Å². The van der Waals surface area contributed by atoms with E-state index >= 15 is 0 Å². The molecule has 0 spiro atoms. The molecule has 3 fully saturated rings. The second-order valence-corrected chi connectivity index (χ2v) is 10.9. The van der Waals surface area contributed by atoms with Crippen molar-refractivity contribution in [2.45, 2.75) is 84.8 Å². The van der Waals surface area contributed by atoms with E-state index in [2.05, 4.69) is 58.6 Å². The van der Waals surface area contributed by atoms with E-state index in [1.54, 1.807) is 5.57 Å². The zero-order valence-corrected chi connectivity index (χ0v) is 20.1. The first kappa shape index (κ1) is 24.5. The summed E-state index contributed by atoms with van der Waals surface area (Å²) in [7, 11) is 0. The Morgan fingerprint density at radius 3 is 2.48 bits per heavy atom. The van der Waals surface area contributed by atoms with Crippen molar-refractivity contribution in [3.8, 4) is 0 Å². The van der Waals surface area contributed by atoms with Crippen molar-refractivity contribution in [2.75, 3.05) is 6.61 Å². The van der Waals surface area contributed by atoms with E-state index in [1.807, 2.05) is 0 Å². The molecule has 3 rings (SSSR count). The van der Waals surface area contributed by atoms with E-state index in [0.29, 0.717) is 47.8 Å². The molecule has 8 atom stereocenters. The van der Waals surface area contributed by atoms with Crippen molar-refractivity contribution in [3.05, 3.63) is 47.6 Å². The van der Waals surface area contributed by atoms with Crippen LogP contribution in [0.25, 0.3) is 0 Å². The predicted molar refractivity (Wildman–Crippen MR) is 128 cm³/mol. The van der Waals surface area contributed by atoms with Gasteiger partial charge in [-0.1, -0.05) is 64.2 Å². The number of aliphatic hydroxyl groups is 3. The summed E-state index contributed by atoms with van der Waals surface area (Å²) in [6.07, 6.45) is 15.1. The van der Waals surface area contributed by atoms with Gasteiger partial charge in [-0.15, -0.1) is 0 Å². The molecule has 174 valence electrons. The SMILES string of the molecule is C=C1C[C@@H](O)[C@H](O)C/C1=C/C=C1\CCC[C@]2(C)[C@@H]([C@H](C)/C=C/[C@H](C)C(C)CO)CC[C@@H]12. The second-order valence-electron chi connectivity index (χ2n) is 10.9. The Hall–Kier alpha value is -1.16. The number of hydrogen-bond acceptors (Lipinski definition) is 3. The summed E-state index contributed by atoms with van der Waals surface area (Å²) in [5.41, 5.74) is 3.96. The van der Waals surface area contributed by atoms with Gasteiger partial charge in [0, 0.05) is 19.4 Å². The number of allylic oxidation sites excluding steroid dienone is 5. The highest BCUT2D eigenvalue weighted by Crippen LogP contribution is 2.59. The molecule has 3 heteroatoms. The maximum Gasteiger partial charge on any atom is 0.0842 e. The zero-order chi connectivity index (χ0) is 22.8. The van der Waals surface area contributed by atoms with Gasteiger partial charge in [-0.2, -0.15) is 0 Å². The molecule has 0 bridgehead atoms. The van der Waals surface area contributed by atoms with Crippen LogP contribution < -0.4 is 0 Å². The quantitative estimate of drug-likeness (QED) is 0.484. The Morgan fingerprint density at radius 1 is 1.06 bits per heavy atom. The third-order valence-electron chi connectivity index (χ3n) is 8.86. The van der Waals surface area contributed by atoms with Gasteiger partial charge in [0.2, 0.25) is 0 Å². The van der Waals surface area contributed by atoms with Crippen LogP contribution in [0.2, 0.25) is 0 Å². The van der Waals surface area contributed by atoms with Crippen molar-refractivity contribution in [3.63, 3.8) is 0 Å². The average molecular weight is 429 g/mol. The minimum absolute atomic E-state index is 0.245. The fourth-order valence-electron chi connectivity index (χ4n) is 6.40. The maximum atomic E-state index is 10.1. The Bertz CT molecular complexity index is 733. The molecule has 0 heterocycles. The van der Waals surface area contributed by atoms with Crippen LogP contribution in [0.15, 0.2) is 47.6 Å². The van der Waals surface area contributed by atoms with Crippen LogP contribution in [0.3, 0.4) is 0 Å². The summed E-state index contributed by atoms with van der Waals surface area (Å²) in [4.78, 5) is 0. The first-order valence-electron chi connectivity index (χ1n) is 12.4. The molecule has 0 amide bonds. The van der Waals surface area contributed by atoms with Gasteiger partial charge >= 0.3 is 0 Å². The molecule has 0 aromatic heterocycles. The highest BCUT2D eigenvalue weighted by molar-refractivity contribution is 5.37. The summed E-state index contributed by atoms with van der Waals surface area (Å²) in [6, 6.07) is 0. The zero-order valence-electron chi connectivity index (χ0n) is 20.1. The fraction of sp³-hybridized carbons (Fsp3) is 0.714. The summed E-state index contributed by atoms with van der Waals surface area (Å²) in [5, 5.41) is 29.3. The van der Waals surface area contributed by atoms with Crippen LogP contribution in [0, 0.1) is 35.0 Å². The standard InChI is InChI=1S/C28H44O3/c1-18(21(4)17-29)8-9-19(2)24-12-13-25-22(7-6-14-28(24,25)5)10-11-23-16-27(31)26(30)15-20(23)3/h8-11,18-19,21,24-27,29-31H,3,6-7,12-17H2,1-2,4-5H3/b9-8+,22-10+,23-11-/t18-,19+,21?,24+,25-,26+,27+,28+/m0/s1. The molecule has 3 saturated carbocycles. The molecule has 3 aliphatic carbocycles. The van der Waals surface area contributed by atoms with Gasteiger partial charge in [-0.3, -0.25) is 0 Å². The predicted octanol–water partition coefficient (Wildman–Crippen LogP) is 5.58. The van der Waals surface area contributed by atoms with Gasteiger partial charge in [-0.05, 0) is 78.3 Å². The molecule has 3 N–H and O–H groups in total. The third kappa shape index (κ3) is 5.26. The lowest BCUT2D eigenvalue weighted by Gasteiger charge is -2.44. The molecule has 3 nitrogen and oxygen atoms in total. The largest absolute Gasteiger partial charge is 0.396 e. The summed E-state index contributed by atoms with van der Waals surface area (Å²) < 4.78 is 0. The Morgan fingerprint density at radius 2 is 1.77 bits per heavy atom. The van der Waals surface area contributed by atoms with Gasteiger partial charge in [-0.25, -0.2) is 0 Å². The Labute approximate surface area is 189 Å². The second kappa shape index (κ2) is 10.2. The first-order chi connectivity index (χ1) is 14.7. The van der Waals surface area contributed by atoms with Crippen molar-refractivity contribution < 1.29 is 15.3 Å². The maximum absolute atomic E-state index is 10.1. The van der Waals surface area contributed by atoms with E-state index in [4.69, 9.17) is 0 Å². The van der Waals surface area contributed by atoms with Crippen LogP contribution in [-0.4, -0.2) is 34.1 Å². The minimum Gasteiger partial charge on any atom is -0.396 e. The number of rotatable bonds is 6. The highest BCUT2D eigenvalue weighted by atomic mass is 16.3. The smallest absolute Gasteiger partial charge is 0.0842 e. The van der Waals surface area contributed by atoms with Crippen LogP contribution in [0.1, 0.15) is 72.6 Å². The summed E-state index contributed by atoms with van der Waals surface area (Å²) >= 11 is 0. The van der Waals surface area contributed by atoms with Gasteiger partial charge in [0.25, 0.3) is 0 Å². The highest BCUT2D eigenvalue weighted by Gasteiger charge is 2.50. The van der Waals surface area contributed by atoms with Gasteiger partial charge in [0.1, 0.15) is 0 Å². The molecule has 3 aliphatic rings. The van der Waals surface area contributed by atoms with E-state index in [-0.39, 0.29) is 6.61 Å². The van der Waals surface area contributed by atoms with E-state index in [0.717, 1.165) is 11.1 Å². The van der Waals surface area contributed by atoms with Gasteiger partial charge in [0.05, 0.1) is 12.2 Å². The van der Waals surface area contributed by atoms with Crippen LogP contribution in [-0.2, 0) is 0 Å². The lowest BCUT2D eigenvalue weighted by atomic mass is 9.61. The normalized spacial score (nSPS) is 39.8. The average Bonchev–Trinajstić information content (AvgIpc) is 3.10. The lowest BCUT2D eigenvalue weighted by molar-refractivity contribution is 0.0138. The lowest BCUT2D eigenvalue weighted by Crippen LogP contribution is -2.35. The summed E-state index contributed by atoms with van der Waals surface area (Å²) in [5.74, 6) is 2.60. The molecular weight excluding hydrogens is 384 g/mol. The van der Waals surface area contributed by atoms with Crippen LogP contribution in [0.5, 0.6) is 0 Å². The number of hydrogen-bond donors (Lipinski definition) is 3. The monoisotopic (exact) mass is 428 g/mol. The van der Waals surface area contributed by atoms with Crippen LogP contribution >= 0.6 is 0 Å². The van der Waals surface area contributed by atoms with E-state index in [9.17, 15) is 15.3 Å². The molecule has 0 aromatic rings. The minimum atomic E-state index is -0.677. The van der Waals surface area contributed by atoms with E-state index in [1.165, 1.54) is 32.1 Å². The number of aliphatic hydroxyl groups excluding tert-OH is 3. The van der Waals surface area contributed by atoms with Crippen LogP contribution in [0.4, 0.5) is 0 Å². The molecule has 0 saturated heterocycles. The molecule has 31 heavy (non-hydrogen) atoms. The topological polar surface area (TPSA) is 60.7 Å². The molecular formula is C28H44O3. The Balaban J connectivity index is 1.73. The molecule has 0 aliphatic heterocycles. The van der Waals surface area contributed by atoms with Gasteiger partial charge < -0.3 is 15.3 Å². The molecule has 1 unspecified atom stereocenters. The van der Waals surface area contributed by atoms with Gasteiger partial charge in [0.15, 0.2) is 0 Å². The third-order valence-corrected chi connectivity index (χ3v) is 8.86. The molecule has 0 radical (unpaired) electrons. The first-order valence-corrected chi connectivity index (χ1v) is 12.4. The summed E-state index contributed by atoms with van der Waals surface area (Å²) in [6.45, 7) is 13.6. The van der Waals surface area contributed by atoms with Crippen molar-refractivity contribution in [2.24, 2.45) is 35.0 Å². The Kier molecular flexibility index (Phi) is 8.05.